The van der Waals surface area contributed by atoms with Crippen molar-refractivity contribution < 1.29 is 4.74 Å². The molecule has 0 spiro atoms. The van der Waals surface area contributed by atoms with E-state index in [-0.39, 0.29) is 0 Å². The number of nitrogens with zero attached hydrogens (tertiary/aromatic N) is 1. The van der Waals surface area contributed by atoms with Crippen molar-refractivity contribution in [3.05, 3.63) is 16.1 Å². The summed E-state index contributed by atoms with van der Waals surface area (Å²) in [6.07, 6.45) is 1.94. The van der Waals surface area contributed by atoms with E-state index in [0.29, 0.717) is 18.0 Å². The summed E-state index contributed by atoms with van der Waals surface area (Å²) < 4.78 is 5.55. The van der Waals surface area contributed by atoms with E-state index >= 15 is 0 Å². The molecule has 5 heteroatoms. The Labute approximate surface area is 113 Å². The molecular formula is C13H23N3OS. The zero-order chi connectivity index (χ0) is 13.0. The van der Waals surface area contributed by atoms with Crippen LogP contribution in [0.1, 0.15) is 29.8 Å². The van der Waals surface area contributed by atoms with Crippen LogP contribution in [0, 0.1) is 12.8 Å². The third-order valence-corrected chi connectivity index (χ3v) is 4.46. The minimum Gasteiger partial charge on any atom is -0.379 e. The molecule has 1 saturated heterocycles. The van der Waals surface area contributed by atoms with Crippen LogP contribution in [-0.2, 0) is 4.74 Å². The zero-order valence-corrected chi connectivity index (χ0v) is 12.2. The van der Waals surface area contributed by atoms with Gasteiger partial charge in [-0.3, -0.25) is 0 Å². The largest absolute Gasteiger partial charge is 0.379 e. The Kier molecular flexibility index (Phi) is 5.12. The third kappa shape index (κ3) is 3.51. The lowest BCUT2D eigenvalue weighted by atomic mass is 10.0. The van der Waals surface area contributed by atoms with E-state index in [0.717, 1.165) is 26.3 Å². The lowest BCUT2D eigenvalue weighted by Crippen LogP contribution is -2.40. The van der Waals surface area contributed by atoms with Crippen LogP contribution in [0.2, 0.25) is 0 Å². The Bertz CT molecular complexity index is 369. The van der Waals surface area contributed by atoms with E-state index in [4.69, 9.17) is 4.74 Å². The van der Waals surface area contributed by atoms with Gasteiger partial charge in [0.05, 0.1) is 19.3 Å². The van der Waals surface area contributed by atoms with Gasteiger partial charge in [-0.05, 0) is 20.4 Å². The first-order chi connectivity index (χ1) is 8.70. The van der Waals surface area contributed by atoms with Crippen LogP contribution in [0.25, 0.3) is 0 Å². The highest BCUT2D eigenvalue weighted by Crippen LogP contribution is 2.20. The molecule has 0 amide bonds. The average molecular weight is 269 g/mol. The fraction of sp³-hybridized carbons (Fsp3) is 0.769. The number of aryl methyl sites for hydroxylation is 1. The summed E-state index contributed by atoms with van der Waals surface area (Å²) in [4.78, 5) is 5.70. The van der Waals surface area contributed by atoms with E-state index in [1.54, 1.807) is 11.3 Å². The van der Waals surface area contributed by atoms with Gasteiger partial charge in [0.15, 0.2) is 0 Å². The van der Waals surface area contributed by atoms with Crippen molar-refractivity contribution in [2.24, 2.45) is 5.92 Å². The van der Waals surface area contributed by atoms with E-state index in [2.05, 4.69) is 36.4 Å². The zero-order valence-electron chi connectivity index (χ0n) is 11.4. The first-order valence-electron chi connectivity index (χ1n) is 6.67. The maximum atomic E-state index is 5.55. The maximum absolute atomic E-state index is 5.55. The van der Waals surface area contributed by atoms with Gasteiger partial charge in [0.2, 0.25) is 0 Å². The number of hydrogen-bond acceptors (Lipinski definition) is 5. The first kappa shape index (κ1) is 13.9. The molecule has 3 atom stereocenters. The lowest BCUT2D eigenvalue weighted by molar-refractivity contribution is 0.182. The molecule has 0 radical (unpaired) electrons. The van der Waals surface area contributed by atoms with Crippen LogP contribution in [-0.4, -0.2) is 37.3 Å². The van der Waals surface area contributed by atoms with Gasteiger partial charge in [-0.1, -0.05) is 6.92 Å². The molecule has 102 valence electrons. The normalized spacial score (nSPS) is 25.5. The van der Waals surface area contributed by atoms with Crippen LogP contribution < -0.4 is 10.6 Å². The third-order valence-electron chi connectivity index (χ3n) is 3.36. The Morgan fingerprint density at radius 1 is 1.56 bits per heavy atom. The highest BCUT2D eigenvalue weighted by molar-refractivity contribution is 7.11. The van der Waals surface area contributed by atoms with Crippen LogP contribution in [0.3, 0.4) is 0 Å². The molecule has 1 aliphatic heterocycles. The fourth-order valence-corrected chi connectivity index (χ4v) is 3.08. The minimum atomic E-state index is 0.326. The van der Waals surface area contributed by atoms with Crippen molar-refractivity contribution in [1.29, 1.82) is 0 Å². The van der Waals surface area contributed by atoms with Gasteiger partial charge in [0.25, 0.3) is 0 Å². The summed E-state index contributed by atoms with van der Waals surface area (Å²) in [6, 6.07) is 0.819. The van der Waals surface area contributed by atoms with Gasteiger partial charge < -0.3 is 15.4 Å². The molecule has 18 heavy (non-hydrogen) atoms. The standard InChI is InChI=1S/C13H23N3OS/c1-4-14-12-8-17-7-11(12)6-15-10(3)13-16-5-9(2)18-13/h5,10-12,14-15H,4,6-8H2,1-3H3. The van der Waals surface area contributed by atoms with Crippen molar-refractivity contribution in [2.45, 2.75) is 32.9 Å². The number of nitrogens with one attached hydrogen (secondary N) is 2. The highest BCUT2D eigenvalue weighted by Gasteiger charge is 2.27. The smallest absolute Gasteiger partial charge is 0.109 e. The topological polar surface area (TPSA) is 46.2 Å². The van der Waals surface area contributed by atoms with Crippen molar-refractivity contribution >= 4 is 11.3 Å². The molecule has 2 N–H and O–H groups in total. The van der Waals surface area contributed by atoms with Gasteiger partial charge in [0.1, 0.15) is 5.01 Å². The van der Waals surface area contributed by atoms with Crippen molar-refractivity contribution in [1.82, 2.24) is 15.6 Å². The quantitative estimate of drug-likeness (QED) is 0.825. The summed E-state index contributed by atoms with van der Waals surface area (Å²) >= 11 is 1.77. The Balaban J connectivity index is 1.80. The lowest BCUT2D eigenvalue weighted by Gasteiger charge is -2.20. The van der Waals surface area contributed by atoms with E-state index in [9.17, 15) is 0 Å². The highest BCUT2D eigenvalue weighted by atomic mass is 32.1. The van der Waals surface area contributed by atoms with E-state index in [1.165, 1.54) is 9.88 Å². The molecule has 4 nitrogen and oxygen atoms in total. The molecule has 2 rings (SSSR count). The molecule has 1 aromatic heterocycles. The number of hydrogen-bond donors (Lipinski definition) is 2. The second-order valence-electron chi connectivity index (χ2n) is 4.90. The van der Waals surface area contributed by atoms with Crippen LogP contribution in [0.5, 0.6) is 0 Å². The maximum Gasteiger partial charge on any atom is 0.109 e. The summed E-state index contributed by atoms with van der Waals surface area (Å²) in [7, 11) is 0. The molecule has 3 unspecified atom stereocenters. The fourth-order valence-electron chi connectivity index (χ4n) is 2.28. The van der Waals surface area contributed by atoms with Crippen molar-refractivity contribution in [2.75, 3.05) is 26.3 Å². The number of aromatic nitrogens is 1. The van der Waals surface area contributed by atoms with Crippen LogP contribution in [0.4, 0.5) is 0 Å². The predicted octanol–water partition coefficient (Wildman–Crippen LogP) is 1.73. The number of ether oxygens (including phenoxy) is 1. The molecule has 0 aromatic carbocycles. The Hall–Kier alpha value is -0.490. The number of likely N-dealkylation sites (N-methyl/N-ethyl adjacent to an activating group) is 1. The molecule has 0 bridgehead atoms. The van der Waals surface area contributed by atoms with E-state index in [1.807, 2.05) is 6.20 Å². The number of thiazole rings is 1. The molecule has 2 heterocycles. The van der Waals surface area contributed by atoms with Crippen molar-refractivity contribution in [3.8, 4) is 0 Å². The van der Waals surface area contributed by atoms with Gasteiger partial charge >= 0.3 is 0 Å². The molecule has 1 aliphatic rings. The molecule has 0 saturated carbocycles. The SMILES string of the molecule is CCNC1COCC1CNC(C)c1ncc(C)s1. The summed E-state index contributed by atoms with van der Waals surface area (Å²) in [5, 5.41) is 8.23. The minimum absolute atomic E-state index is 0.326. The monoisotopic (exact) mass is 269 g/mol. The van der Waals surface area contributed by atoms with Gasteiger partial charge in [0, 0.05) is 29.6 Å². The average Bonchev–Trinajstić information content (AvgIpc) is 2.96. The van der Waals surface area contributed by atoms with Gasteiger partial charge in [-0.2, -0.15) is 0 Å². The number of rotatable bonds is 6. The molecular weight excluding hydrogens is 246 g/mol. The van der Waals surface area contributed by atoms with E-state index < -0.39 is 0 Å². The summed E-state index contributed by atoms with van der Waals surface area (Å²) in [5.41, 5.74) is 0. The molecule has 0 aliphatic carbocycles. The van der Waals surface area contributed by atoms with Gasteiger partial charge in [-0.25, -0.2) is 4.98 Å². The van der Waals surface area contributed by atoms with Crippen LogP contribution >= 0.6 is 11.3 Å². The Morgan fingerprint density at radius 3 is 3.06 bits per heavy atom. The molecule has 1 fully saturated rings. The summed E-state index contributed by atoms with van der Waals surface area (Å²) in [6.45, 7) is 10.1. The van der Waals surface area contributed by atoms with Gasteiger partial charge in [-0.15, -0.1) is 11.3 Å². The van der Waals surface area contributed by atoms with Crippen molar-refractivity contribution in [3.63, 3.8) is 0 Å². The second-order valence-corrected chi connectivity index (χ2v) is 6.17. The van der Waals surface area contributed by atoms with Crippen LogP contribution in [0.15, 0.2) is 6.20 Å². The predicted molar refractivity (Wildman–Crippen MR) is 75.0 cm³/mol. The Morgan fingerprint density at radius 2 is 2.39 bits per heavy atom. The first-order valence-corrected chi connectivity index (χ1v) is 7.49. The molecule has 1 aromatic rings. The summed E-state index contributed by atoms with van der Waals surface area (Å²) in [5.74, 6) is 0.563. The second kappa shape index (κ2) is 6.61.